The number of nitrogen functional groups attached to an aromatic ring is 1. The molecule has 2 aromatic rings. The van der Waals surface area contributed by atoms with Crippen LogP contribution in [0.3, 0.4) is 0 Å². The van der Waals surface area contributed by atoms with E-state index < -0.39 is 17.4 Å². The number of rotatable bonds is 9. The molecule has 1 amide bonds. The number of nitrogens with two attached hydrogens (primary N) is 4. The Hall–Kier alpha value is -3.50. The summed E-state index contributed by atoms with van der Waals surface area (Å²) in [5, 5.41) is 6.83. The molecule has 1 fully saturated rings. The van der Waals surface area contributed by atoms with E-state index in [9.17, 15) is 9.18 Å². The van der Waals surface area contributed by atoms with Crippen LogP contribution in [-0.4, -0.2) is 34.9 Å². The average molecular weight is 455 g/mol. The van der Waals surface area contributed by atoms with Crippen molar-refractivity contribution in [2.45, 2.75) is 43.8 Å². The monoisotopic (exact) mass is 454 g/mol. The van der Waals surface area contributed by atoms with E-state index in [0.29, 0.717) is 19.1 Å². The number of nitrogens with zero attached hydrogens (tertiary/aromatic N) is 2. The van der Waals surface area contributed by atoms with E-state index in [1.54, 1.807) is 0 Å². The van der Waals surface area contributed by atoms with Crippen LogP contribution >= 0.6 is 0 Å². The van der Waals surface area contributed by atoms with Crippen LogP contribution in [0.15, 0.2) is 59.4 Å². The first-order valence-electron chi connectivity index (χ1n) is 10.8. The third kappa shape index (κ3) is 6.50. The topological polar surface area (TPSA) is 170 Å². The lowest BCUT2D eigenvalue weighted by Gasteiger charge is -2.40. The molecule has 3 rings (SSSR count). The van der Waals surface area contributed by atoms with Crippen molar-refractivity contribution >= 4 is 23.1 Å². The Kier molecular flexibility index (Phi) is 7.96. The molecule has 10 N–H and O–H groups in total. The van der Waals surface area contributed by atoms with E-state index in [2.05, 4.69) is 20.6 Å². The van der Waals surface area contributed by atoms with Gasteiger partial charge in [-0.15, -0.1) is 0 Å². The van der Waals surface area contributed by atoms with E-state index in [0.717, 1.165) is 43.0 Å². The highest BCUT2D eigenvalue weighted by atomic mass is 19.1. The molecule has 0 bridgehead atoms. The van der Waals surface area contributed by atoms with Gasteiger partial charge in [0.1, 0.15) is 5.84 Å². The number of hydrogen-bond acceptors (Lipinski definition) is 7. The largest absolute Gasteiger partial charge is 0.398 e. The smallest absolute Gasteiger partial charge is 0.253 e. The molecule has 1 aromatic heterocycles. The number of hydrogen-bond donors (Lipinski definition) is 6. The van der Waals surface area contributed by atoms with Gasteiger partial charge in [-0.05, 0) is 43.4 Å². The minimum atomic E-state index is -0.749. The Bertz CT molecular complexity index is 1030. The van der Waals surface area contributed by atoms with Crippen LogP contribution < -0.4 is 33.6 Å². The number of para-hydroxylation sites is 1. The number of aliphatic imine (C=N–C) groups is 1. The highest BCUT2D eigenvalue weighted by Crippen LogP contribution is 2.28. The summed E-state index contributed by atoms with van der Waals surface area (Å²) in [5.74, 6) is -1.57. The fraction of sp³-hybridized carbons (Fsp3) is 0.348. The van der Waals surface area contributed by atoms with Crippen LogP contribution in [0.2, 0.25) is 0 Å². The van der Waals surface area contributed by atoms with Crippen molar-refractivity contribution in [3.63, 3.8) is 0 Å². The van der Waals surface area contributed by atoms with Crippen molar-refractivity contribution in [3.05, 3.63) is 65.9 Å². The van der Waals surface area contributed by atoms with Gasteiger partial charge >= 0.3 is 0 Å². The predicted molar refractivity (Wildman–Crippen MR) is 128 cm³/mol. The molecule has 1 aromatic carbocycles. The van der Waals surface area contributed by atoms with Crippen molar-refractivity contribution in [3.8, 4) is 0 Å². The van der Waals surface area contributed by atoms with Gasteiger partial charge in [-0.3, -0.25) is 4.79 Å². The van der Waals surface area contributed by atoms with Crippen molar-refractivity contribution in [1.82, 2.24) is 15.6 Å². The maximum absolute atomic E-state index is 13.3. The molecule has 0 spiro atoms. The zero-order valence-corrected chi connectivity index (χ0v) is 18.4. The zero-order valence-electron chi connectivity index (χ0n) is 18.4. The van der Waals surface area contributed by atoms with Gasteiger partial charge in [0.15, 0.2) is 0 Å². The molecule has 1 saturated carbocycles. The molecule has 0 unspecified atom stereocenters. The normalized spacial score (nSPS) is 21.6. The number of pyridine rings is 1. The van der Waals surface area contributed by atoms with Gasteiger partial charge in [-0.2, -0.15) is 4.39 Å². The van der Waals surface area contributed by atoms with Crippen LogP contribution in [0.4, 0.5) is 15.8 Å². The molecule has 33 heavy (non-hydrogen) atoms. The summed E-state index contributed by atoms with van der Waals surface area (Å²) < 4.78 is 13.3. The zero-order chi connectivity index (χ0) is 23.8. The predicted octanol–water partition coefficient (Wildman–Crippen LogP) is 1.18. The van der Waals surface area contributed by atoms with Crippen molar-refractivity contribution < 1.29 is 9.18 Å². The van der Waals surface area contributed by atoms with Gasteiger partial charge in [0, 0.05) is 48.8 Å². The van der Waals surface area contributed by atoms with Gasteiger partial charge in [-0.25, -0.2) is 9.98 Å². The van der Waals surface area contributed by atoms with E-state index >= 15 is 0 Å². The fourth-order valence-corrected chi connectivity index (χ4v) is 3.89. The average Bonchev–Trinajstić information content (AvgIpc) is 2.79. The second-order valence-corrected chi connectivity index (χ2v) is 8.24. The maximum Gasteiger partial charge on any atom is 0.253 e. The molecule has 0 radical (unpaired) electrons. The molecule has 176 valence electrons. The van der Waals surface area contributed by atoms with Gasteiger partial charge in [0.25, 0.3) is 5.91 Å². The molecular weight excluding hydrogens is 423 g/mol. The summed E-state index contributed by atoms with van der Waals surface area (Å²) >= 11 is 0. The summed E-state index contributed by atoms with van der Waals surface area (Å²) in [6.07, 6.45) is 6.10. The minimum absolute atomic E-state index is 0.000142. The van der Waals surface area contributed by atoms with Crippen molar-refractivity contribution in [2.75, 3.05) is 12.3 Å². The molecular formula is C23H31FN8O. The Morgan fingerprint density at radius 2 is 1.97 bits per heavy atom. The number of halogens is 1. The van der Waals surface area contributed by atoms with Crippen LogP contribution in [0.5, 0.6) is 0 Å². The van der Waals surface area contributed by atoms with Crippen LogP contribution in [0, 0.1) is 5.95 Å². The first-order valence-corrected chi connectivity index (χ1v) is 10.8. The molecule has 1 aliphatic carbocycles. The van der Waals surface area contributed by atoms with E-state index in [1.807, 2.05) is 24.3 Å². The number of benzene rings is 1. The molecule has 1 aliphatic rings. The summed E-state index contributed by atoms with van der Waals surface area (Å²) in [6.45, 7) is 1.08. The van der Waals surface area contributed by atoms with E-state index in [4.69, 9.17) is 22.9 Å². The molecule has 9 nitrogen and oxygen atoms in total. The second-order valence-electron chi connectivity index (χ2n) is 8.24. The first kappa shape index (κ1) is 24.1. The van der Waals surface area contributed by atoms with Crippen LogP contribution in [-0.2, 0) is 11.3 Å². The lowest BCUT2D eigenvalue weighted by atomic mass is 9.79. The quantitative estimate of drug-likeness (QED) is 0.109. The number of primary amides is 1. The van der Waals surface area contributed by atoms with Gasteiger partial charge < -0.3 is 33.6 Å². The minimum Gasteiger partial charge on any atom is -0.398 e. The summed E-state index contributed by atoms with van der Waals surface area (Å²) in [6, 6.07) is 10.7. The number of aromatic nitrogens is 1. The Balaban J connectivity index is 1.63. The second kappa shape index (κ2) is 10.9. The maximum atomic E-state index is 13.3. The third-order valence-corrected chi connectivity index (χ3v) is 5.99. The Morgan fingerprint density at radius 1 is 1.24 bits per heavy atom. The lowest BCUT2D eigenvalue weighted by Crippen LogP contribution is -2.53. The highest BCUT2D eigenvalue weighted by Gasteiger charge is 2.33. The molecule has 1 heterocycles. The third-order valence-electron chi connectivity index (χ3n) is 5.99. The van der Waals surface area contributed by atoms with Crippen LogP contribution in [0.1, 0.15) is 31.2 Å². The summed E-state index contributed by atoms with van der Waals surface area (Å²) in [4.78, 5) is 19.5. The number of amides is 1. The highest BCUT2D eigenvalue weighted by molar-refractivity contribution is 6.20. The van der Waals surface area contributed by atoms with E-state index in [1.165, 1.54) is 18.5 Å². The first-order chi connectivity index (χ1) is 15.8. The fourth-order valence-electron chi connectivity index (χ4n) is 3.89. The molecule has 0 saturated heterocycles. The van der Waals surface area contributed by atoms with Crippen molar-refractivity contribution in [2.24, 2.45) is 22.2 Å². The number of nitrogens with one attached hydrogen (secondary N) is 2. The standard InChI is InChI=1S/C23H31FN8O/c24-20-11-17(7-10-29-20)32-21(27)18(22(28)33)13-31-23(14-25)8-5-16(6-9-23)30-12-15-3-1-2-4-19(15)26/h1-4,7,10-11,13,16,30-31H,5-6,8-9,12,14,25-26H2,(H2,28,33)(H2,27,29,32)/b18-13+. The van der Waals surface area contributed by atoms with Gasteiger partial charge in [0.05, 0.1) is 11.3 Å². The number of carbonyl (C=O) groups excluding carboxylic acids is 1. The lowest BCUT2D eigenvalue weighted by molar-refractivity contribution is -0.114. The van der Waals surface area contributed by atoms with Crippen LogP contribution in [0.25, 0.3) is 0 Å². The van der Waals surface area contributed by atoms with Gasteiger partial charge in [-0.1, -0.05) is 18.2 Å². The molecule has 10 heteroatoms. The SMILES string of the molecule is NCC1(N/C=C(/C(N)=O)C(N)=Nc2ccnc(F)c2)CCC(NCc2ccccc2N)CC1. The number of carbonyl (C=O) groups is 1. The van der Waals surface area contributed by atoms with E-state index in [-0.39, 0.29) is 17.1 Å². The molecule has 0 atom stereocenters. The molecule has 0 aliphatic heterocycles. The number of amidine groups is 1. The summed E-state index contributed by atoms with van der Waals surface area (Å²) in [5.41, 5.74) is 25.3. The Labute approximate surface area is 192 Å². The Morgan fingerprint density at radius 3 is 2.61 bits per heavy atom. The van der Waals surface area contributed by atoms with Gasteiger partial charge in [0.2, 0.25) is 5.95 Å². The van der Waals surface area contributed by atoms with Crippen molar-refractivity contribution in [1.29, 1.82) is 0 Å². The summed E-state index contributed by atoms with van der Waals surface area (Å²) in [7, 11) is 0. The number of anilines is 1.